The number of carbonyl (C=O) groups excluding carboxylic acids is 1. The number of benzene rings is 1. The summed E-state index contributed by atoms with van der Waals surface area (Å²) < 4.78 is 5.20. The highest BCUT2D eigenvalue weighted by Gasteiger charge is 2.24. The van der Waals surface area contributed by atoms with Crippen molar-refractivity contribution in [1.29, 1.82) is 0 Å². The van der Waals surface area contributed by atoms with Gasteiger partial charge in [-0.25, -0.2) is 0 Å². The second-order valence-corrected chi connectivity index (χ2v) is 5.85. The van der Waals surface area contributed by atoms with Gasteiger partial charge >= 0.3 is 0 Å². The maximum Gasteiger partial charge on any atom is 0.248 e. The zero-order valence-electron chi connectivity index (χ0n) is 11.7. The number of hydrogen-bond acceptors (Lipinski definition) is 2. The molecule has 0 saturated heterocycles. The summed E-state index contributed by atoms with van der Waals surface area (Å²) in [6.07, 6.45) is 0.788. The normalized spacial score (nSPS) is 14.5. The third-order valence-corrected chi connectivity index (χ3v) is 4.63. The van der Waals surface area contributed by atoms with E-state index in [1.54, 1.807) is 6.07 Å². The van der Waals surface area contributed by atoms with Gasteiger partial charge in [0.1, 0.15) is 6.61 Å². The van der Waals surface area contributed by atoms with Crippen LogP contribution in [-0.4, -0.2) is 35.5 Å². The molecule has 3 rings (SSSR count). The average Bonchev–Trinajstić information content (AvgIpc) is 2.87. The highest BCUT2D eigenvalue weighted by molar-refractivity contribution is 6.45. The van der Waals surface area contributed by atoms with E-state index in [1.807, 2.05) is 17.9 Å². The number of ether oxygens (including phenoxy) is 1. The summed E-state index contributed by atoms with van der Waals surface area (Å²) in [7, 11) is 0. The molecule has 4 nitrogen and oxygen atoms in total. The molecule has 0 saturated carbocycles. The molecule has 0 aliphatic carbocycles. The molecule has 0 atom stereocenters. The standard InChI is InChI=1S/C15H16Cl2N2O2/c1-2-21-8-13(20)19-6-5-12-10(7-19)9-3-4-11(16)14(17)15(9)18-12/h3-4,18H,2,5-8H2,1H3. The molecular weight excluding hydrogens is 311 g/mol. The Morgan fingerprint density at radius 3 is 3.00 bits per heavy atom. The van der Waals surface area contributed by atoms with Crippen molar-refractivity contribution < 1.29 is 9.53 Å². The third kappa shape index (κ3) is 2.63. The molecule has 1 N–H and O–H groups in total. The van der Waals surface area contributed by atoms with Gasteiger partial charge < -0.3 is 14.6 Å². The van der Waals surface area contributed by atoms with Gasteiger partial charge in [0.15, 0.2) is 0 Å². The molecule has 0 spiro atoms. The number of halogens is 2. The van der Waals surface area contributed by atoms with Gasteiger partial charge in [0.05, 0.1) is 15.6 Å². The number of amides is 1. The quantitative estimate of drug-likeness (QED) is 0.939. The molecule has 1 aromatic carbocycles. The van der Waals surface area contributed by atoms with Crippen molar-refractivity contribution in [3.63, 3.8) is 0 Å². The first-order valence-electron chi connectivity index (χ1n) is 6.94. The van der Waals surface area contributed by atoms with Crippen molar-refractivity contribution in [1.82, 2.24) is 9.88 Å². The van der Waals surface area contributed by atoms with Crippen molar-refractivity contribution in [2.75, 3.05) is 19.8 Å². The average molecular weight is 327 g/mol. The number of carbonyl (C=O) groups is 1. The number of aromatic nitrogens is 1. The molecule has 1 amide bonds. The Bertz CT molecular complexity index is 697. The highest BCUT2D eigenvalue weighted by atomic mass is 35.5. The SMILES string of the molecule is CCOCC(=O)N1CCc2[nH]c3c(Cl)c(Cl)ccc3c2C1. The summed E-state index contributed by atoms with van der Waals surface area (Å²) in [5.41, 5.74) is 3.11. The maximum atomic E-state index is 12.1. The Morgan fingerprint density at radius 1 is 1.43 bits per heavy atom. The van der Waals surface area contributed by atoms with Crippen molar-refractivity contribution in [3.8, 4) is 0 Å². The van der Waals surface area contributed by atoms with Crippen molar-refractivity contribution in [2.24, 2.45) is 0 Å². The van der Waals surface area contributed by atoms with Crippen LogP contribution in [0.25, 0.3) is 10.9 Å². The zero-order valence-corrected chi connectivity index (χ0v) is 13.2. The molecule has 112 valence electrons. The summed E-state index contributed by atoms with van der Waals surface area (Å²) in [6.45, 7) is 3.84. The number of rotatable bonds is 3. The second-order valence-electron chi connectivity index (χ2n) is 5.07. The van der Waals surface area contributed by atoms with Crippen LogP contribution in [0.3, 0.4) is 0 Å². The van der Waals surface area contributed by atoms with Crippen LogP contribution in [0.2, 0.25) is 10.0 Å². The van der Waals surface area contributed by atoms with Crippen molar-refractivity contribution >= 4 is 40.0 Å². The Morgan fingerprint density at radius 2 is 2.24 bits per heavy atom. The van der Waals surface area contributed by atoms with E-state index in [2.05, 4.69) is 4.98 Å². The molecular formula is C15H16Cl2N2O2. The van der Waals surface area contributed by atoms with Crippen LogP contribution in [0.15, 0.2) is 12.1 Å². The van der Waals surface area contributed by atoms with Gasteiger partial charge in [-0.3, -0.25) is 4.79 Å². The van der Waals surface area contributed by atoms with Crippen LogP contribution in [0.1, 0.15) is 18.2 Å². The van der Waals surface area contributed by atoms with Gasteiger partial charge in [0, 0.05) is 42.8 Å². The van der Waals surface area contributed by atoms with Gasteiger partial charge in [-0.15, -0.1) is 0 Å². The van der Waals surface area contributed by atoms with Crippen molar-refractivity contribution in [3.05, 3.63) is 33.4 Å². The molecule has 21 heavy (non-hydrogen) atoms. The van der Waals surface area contributed by atoms with Crippen molar-refractivity contribution in [2.45, 2.75) is 19.9 Å². The Balaban J connectivity index is 1.92. The summed E-state index contributed by atoms with van der Waals surface area (Å²) >= 11 is 12.3. The Labute approximate surface area is 133 Å². The predicted molar refractivity (Wildman–Crippen MR) is 83.9 cm³/mol. The molecule has 1 aromatic heterocycles. The first-order valence-corrected chi connectivity index (χ1v) is 7.70. The smallest absolute Gasteiger partial charge is 0.248 e. The van der Waals surface area contributed by atoms with Gasteiger partial charge in [-0.1, -0.05) is 29.3 Å². The van der Waals surface area contributed by atoms with E-state index in [9.17, 15) is 4.79 Å². The van der Waals surface area contributed by atoms with Gasteiger partial charge in [-0.05, 0) is 13.0 Å². The Hall–Kier alpha value is -1.23. The van der Waals surface area contributed by atoms with E-state index in [4.69, 9.17) is 27.9 Å². The molecule has 6 heteroatoms. The maximum absolute atomic E-state index is 12.1. The number of hydrogen-bond donors (Lipinski definition) is 1. The topological polar surface area (TPSA) is 45.3 Å². The predicted octanol–water partition coefficient (Wildman–Crippen LogP) is 3.40. The number of aromatic amines is 1. The number of fused-ring (bicyclic) bond motifs is 3. The van der Waals surface area contributed by atoms with E-state index >= 15 is 0 Å². The third-order valence-electron chi connectivity index (χ3n) is 3.82. The zero-order chi connectivity index (χ0) is 15.0. The monoisotopic (exact) mass is 326 g/mol. The number of nitrogens with one attached hydrogen (secondary N) is 1. The van der Waals surface area contributed by atoms with Gasteiger partial charge in [0.2, 0.25) is 5.91 Å². The van der Waals surface area contributed by atoms with E-state index in [-0.39, 0.29) is 12.5 Å². The molecule has 2 heterocycles. The van der Waals surface area contributed by atoms with E-state index in [0.717, 1.165) is 28.6 Å². The van der Waals surface area contributed by atoms with E-state index in [0.29, 0.717) is 29.7 Å². The molecule has 2 aromatic rings. The second kappa shape index (κ2) is 5.87. The fraction of sp³-hybridized carbons (Fsp3) is 0.400. The molecule has 1 aliphatic heterocycles. The largest absolute Gasteiger partial charge is 0.372 e. The molecule has 0 fully saturated rings. The van der Waals surface area contributed by atoms with Crippen LogP contribution in [0.5, 0.6) is 0 Å². The summed E-state index contributed by atoms with van der Waals surface area (Å²) in [5, 5.41) is 2.11. The lowest BCUT2D eigenvalue weighted by atomic mass is 10.0. The minimum atomic E-state index is 0.0249. The summed E-state index contributed by atoms with van der Waals surface area (Å²) in [4.78, 5) is 17.3. The van der Waals surface area contributed by atoms with Crippen LogP contribution in [0, 0.1) is 0 Å². The van der Waals surface area contributed by atoms with E-state index in [1.165, 1.54) is 0 Å². The number of nitrogens with zero attached hydrogens (tertiary/aromatic N) is 1. The Kier molecular flexibility index (Phi) is 4.11. The van der Waals surface area contributed by atoms with Crippen LogP contribution in [0.4, 0.5) is 0 Å². The van der Waals surface area contributed by atoms with Crippen LogP contribution in [-0.2, 0) is 22.5 Å². The molecule has 1 aliphatic rings. The van der Waals surface area contributed by atoms with Gasteiger partial charge in [-0.2, -0.15) is 0 Å². The van der Waals surface area contributed by atoms with E-state index < -0.39 is 0 Å². The molecule has 0 unspecified atom stereocenters. The molecule has 0 bridgehead atoms. The summed E-state index contributed by atoms with van der Waals surface area (Å²) in [6, 6.07) is 3.75. The van der Waals surface area contributed by atoms with Crippen LogP contribution < -0.4 is 0 Å². The lowest BCUT2D eigenvalue weighted by Crippen LogP contribution is -2.38. The minimum Gasteiger partial charge on any atom is -0.372 e. The minimum absolute atomic E-state index is 0.0249. The first-order chi connectivity index (χ1) is 10.1. The van der Waals surface area contributed by atoms with Gasteiger partial charge in [0.25, 0.3) is 0 Å². The lowest BCUT2D eigenvalue weighted by molar-refractivity contribution is -0.136. The highest BCUT2D eigenvalue weighted by Crippen LogP contribution is 2.35. The fourth-order valence-corrected chi connectivity index (χ4v) is 3.09. The number of H-pyrrole nitrogens is 1. The molecule has 0 radical (unpaired) electrons. The lowest BCUT2D eigenvalue weighted by Gasteiger charge is -2.27. The summed E-state index contributed by atoms with van der Waals surface area (Å²) in [5.74, 6) is 0.0249. The fourth-order valence-electron chi connectivity index (χ4n) is 2.72. The first kappa shape index (κ1) is 14.7. The van der Waals surface area contributed by atoms with Crippen LogP contribution >= 0.6 is 23.2 Å².